The molecule has 1 saturated heterocycles. The molecule has 26 heavy (non-hydrogen) atoms. The van der Waals surface area contributed by atoms with E-state index in [1.807, 2.05) is 37.3 Å². The monoisotopic (exact) mass is 352 g/mol. The first-order valence-electron chi connectivity index (χ1n) is 9.19. The maximum atomic E-state index is 12.5. The molecule has 6 nitrogen and oxygen atoms in total. The Morgan fingerprint density at radius 3 is 2.73 bits per heavy atom. The maximum absolute atomic E-state index is 12.5. The summed E-state index contributed by atoms with van der Waals surface area (Å²) in [5.74, 6) is 0. The number of benzene rings is 1. The normalized spacial score (nSPS) is 15.6. The quantitative estimate of drug-likeness (QED) is 0.765. The van der Waals surface area contributed by atoms with Gasteiger partial charge in [0, 0.05) is 30.4 Å². The number of hydrogen-bond acceptors (Lipinski definition) is 4. The van der Waals surface area contributed by atoms with Gasteiger partial charge in [-0.3, -0.25) is 14.8 Å². The van der Waals surface area contributed by atoms with Crippen LogP contribution >= 0.6 is 0 Å². The lowest BCUT2D eigenvalue weighted by Gasteiger charge is -2.26. The fraction of sp³-hybridized carbons (Fsp3) is 0.400. The van der Waals surface area contributed by atoms with Crippen molar-refractivity contribution in [3.05, 3.63) is 58.0 Å². The third-order valence-corrected chi connectivity index (χ3v) is 4.98. The van der Waals surface area contributed by atoms with Gasteiger partial charge in [-0.2, -0.15) is 0 Å². The molecule has 6 heteroatoms. The van der Waals surface area contributed by atoms with Crippen molar-refractivity contribution in [3.8, 4) is 11.3 Å². The van der Waals surface area contributed by atoms with Crippen LogP contribution in [0.15, 0.2) is 41.2 Å². The number of aromatic amines is 1. The van der Waals surface area contributed by atoms with E-state index in [2.05, 4.69) is 10.00 Å². The minimum Gasteiger partial charge on any atom is -0.379 e. The zero-order valence-electron chi connectivity index (χ0n) is 15.1. The predicted octanol–water partition coefficient (Wildman–Crippen LogP) is 2.26. The minimum absolute atomic E-state index is 0.0540. The Hall–Kier alpha value is -2.44. The molecule has 1 fully saturated rings. The number of fused-ring (bicyclic) bond motifs is 1. The lowest BCUT2D eigenvalue weighted by atomic mass is 10.1. The van der Waals surface area contributed by atoms with E-state index in [0.717, 1.165) is 73.9 Å². The van der Waals surface area contributed by atoms with Gasteiger partial charge in [-0.15, -0.1) is 0 Å². The number of hydrogen-bond donors (Lipinski definition) is 1. The van der Waals surface area contributed by atoms with Crippen LogP contribution in [0.25, 0.3) is 16.9 Å². The largest absolute Gasteiger partial charge is 0.379 e. The number of H-pyrrole nitrogens is 1. The Kier molecular flexibility index (Phi) is 4.86. The molecular weight excluding hydrogens is 328 g/mol. The number of nitrogens with one attached hydrogen (secondary N) is 1. The van der Waals surface area contributed by atoms with E-state index in [1.165, 1.54) is 0 Å². The summed E-state index contributed by atoms with van der Waals surface area (Å²) in [5.41, 5.74) is 4.54. The van der Waals surface area contributed by atoms with Crippen molar-refractivity contribution in [2.24, 2.45) is 0 Å². The van der Waals surface area contributed by atoms with Gasteiger partial charge in [-0.25, -0.2) is 9.50 Å². The molecule has 3 heterocycles. The van der Waals surface area contributed by atoms with Gasteiger partial charge < -0.3 is 4.74 Å². The highest BCUT2D eigenvalue weighted by atomic mass is 16.5. The van der Waals surface area contributed by atoms with E-state index in [1.54, 1.807) is 10.6 Å². The van der Waals surface area contributed by atoms with Crippen LogP contribution in [0.2, 0.25) is 0 Å². The van der Waals surface area contributed by atoms with E-state index in [4.69, 9.17) is 9.72 Å². The Morgan fingerprint density at radius 1 is 1.19 bits per heavy atom. The van der Waals surface area contributed by atoms with E-state index in [0.29, 0.717) is 0 Å². The van der Waals surface area contributed by atoms with E-state index < -0.39 is 0 Å². The third kappa shape index (κ3) is 3.43. The number of aromatic nitrogens is 3. The van der Waals surface area contributed by atoms with Crippen LogP contribution in [0.5, 0.6) is 0 Å². The summed E-state index contributed by atoms with van der Waals surface area (Å²) in [4.78, 5) is 19.7. The second kappa shape index (κ2) is 7.43. The van der Waals surface area contributed by atoms with Crippen molar-refractivity contribution >= 4 is 5.65 Å². The van der Waals surface area contributed by atoms with Gasteiger partial charge in [0.1, 0.15) is 0 Å². The second-order valence-electron chi connectivity index (χ2n) is 6.78. The molecule has 1 aromatic carbocycles. The lowest BCUT2D eigenvalue weighted by molar-refractivity contribution is 0.0374. The fourth-order valence-electron chi connectivity index (χ4n) is 3.52. The molecular formula is C20H24N4O2. The molecule has 0 amide bonds. The topological polar surface area (TPSA) is 62.6 Å². The molecule has 1 aliphatic heterocycles. The standard InChI is InChI=1S/C20H24N4O2/c1-15-19(16-6-3-2-4-7-16)22-24-18(25)14-17(21-20(15)24)8-5-9-23-10-12-26-13-11-23/h2-4,6-7,14,22H,5,8-13H2,1H3. The molecule has 0 radical (unpaired) electrons. The molecule has 2 aromatic heterocycles. The van der Waals surface area contributed by atoms with Crippen LogP contribution in [0.4, 0.5) is 0 Å². The van der Waals surface area contributed by atoms with E-state index in [-0.39, 0.29) is 5.56 Å². The summed E-state index contributed by atoms with van der Waals surface area (Å²) in [5, 5.41) is 3.20. The molecule has 136 valence electrons. The summed E-state index contributed by atoms with van der Waals surface area (Å²) in [7, 11) is 0. The van der Waals surface area contributed by atoms with E-state index in [9.17, 15) is 4.79 Å². The van der Waals surface area contributed by atoms with Crippen molar-refractivity contribution in [2.75, 3.05) is 32.8 Å². The first-order chi connectivity index (χ1) is 12.7. The molecule has 0 unspecified atom stereocenters. The van der Waals surface area contributed by atoms with Crippen molar-refractivity contribution in [1.29, 1.82) is 0 Å². The van der Waals surface area contributed by atoms with Crippen molar-refractivity contribution < 1.29 is 4.74 Å². The van der Waals surface area contributed by atoms with Crippen LogP contribution in [0, 0.1) is 6.92 Å². The number of morpholine rings is 1. The van der Waals surface area contributed by atoms with Crippen LogP contribution in [-0.4, -0.2) is 52.3 Å². The Bertz CT molecular complexity index is 940. The summed E-state index contributed by atoms with van der Waals surface area (Å²) in [6.45, 7) is 6.65. The molecule has 0 saturated carbocycles. The van der Waals surface area contributed by atoms with Crippen LogP contribution < -0.4 is 5.56 Å². The van der Waals surface area contributed by atoms with Crippen LogP contribution in [0.1, 0.15) is 17.7 Å². The highest BCUT2D eigenvalue weighted by Crippen LogP contribution is 2.23. The molecule has 1 N–H and O–H groups in total. The lowest BCUT2D eigenvalue weighted by Crippen LogP contribution is -2.37. The molecule has 0 bridgehead atoms. The number of rotatable bonds is 5. The molecule has 4 rings (SSSR count). The Balaban J connectivity index is 1.56. The van der Waals surface area contributed by atoms with Gasteiger partial charge in [0.2, 0.25) is 0 Å². The number of nitrogens with zero attached hydrogens (tertiary/aromatic N) is 3. The summed E-state index contributed by atoms with van der Waals surface area (Å²) in [6, 6.07) is 11.7. The molecule has 0 aliphatic carbocycles. The SMILES string of the molecule is Cc1c(-c2ccccc2)[nH]n2c(=O)cc(CCCN3CCOCC3)nc12. The van der Waals surface area contributed by atoms with Gasteiger partial charge in [0.25, 0.3) is 5.56 Å². The van der Waals surface area contributed by atoms with Crippen molar-refractivity contribution in [1.82, 2.24) is 19.5 Å². The minimum atomic E-state index is -0.0540. The maximum Gasteiger partial charge on any atom is 0.272 e. The first-order valence-corrected chi connectivity index (χ1v) is 9.19. The Morgan fingerprint density at radius 2 is 1.96 bits per heavy atom. The van der Waals surface area contributed by atoms with Gasteiger partial charge in [0.15, 0.2) is 5.65 Å². The zero-order valence-corrected chi connectivity index (χ0v) is 15.1. The third-order valence-electron chi connectivity index (χ3n) is 4.98. The highest BCUT2D eigenvalue weighted by Gasteiger charge is 2.14. The molecule has 1 aliphatic rings. The smallest absolute Gasteiger partial charge is 0.272 e. The molecule has 3 aromatic rings. The first kappa shape index (κ1) is 17.0. The average molecular weight is 352 g/mol. The summed E-state index contributed by atoms with van der Waals surface area (Å²) >= 11 is 0. The Labute approximate surface area is 152 Å². The van der Waals surface area contributed by atoms with Crippen molar-refractivity contribution in [3.63, 3.8) is 0 Å². The van der Waals surface area contributed by atoms with E-state index >= 15 is 0 Å². The molecule has 0 atom stereocenters. The zero-order chi connectivity index (χ0) is 17.9. The number of aryl methyl sites for hydroxylation is 2. The van der Waals surface area contributed by atoms with Crippen molar-refractivity contribution in [2.45, 2.75) is 19.8 Å². The van der Waals surface area contributed by atoms with Gasteiger partial charge in [-0.1, -0.05) is 30.3 Å². The molecule has 0 spiro atoms. The van der Waals surface area contributed by atoms with Crippen LogP contribution in [0.3, 0.4) is 0 Å². The fourth-order valence-corrected chi connectivity index (χ4v) is 3.52. The average Bonchev–Trinajstić information content (AvgIpc) is 3.01. The summed E-state index contributed by atoms with van der Waals surface area (Å²) < 4.78 is 6.92. The van der Waals surface area contributed by atoms with Gasteiger partial charge in [0.05, 0.1) is 18.9 Å². The predicted molar refractivity (Wildman–Crippen MR) is 102 cm³/mol. The van der Waals surface area contributed by atoms with Gasteiger partial charge >= 0.3 is 0 Å². The van der Waals surface area contributed by atoms with Crippen LogP contribution in [-0.2, 0) is 11.2 Å². The highest BCUT2D eigenvalue weighted by molar-refractivity contribution is 5.69. The summed E-state index contributed by atoms with van der Waals surface area (Å²) in [6.07, 6.45) is 1.81. The second-order valence-corrected chi connectivity index (χ2v) is 6.78. The number of ether oxygens (including phenoxy) is 1. The van der Waals surface area contributed by atoms with Gasteiger partial charge in [-0.05, 0) is 31.9 Å².